The Labute approximate surface area is 222 Å². The molecule has 38 heavy (non-hydrogen) atoms. The molecule has 0 bridgehead atoms. The monoisotopic (exact) mass is 512 g/mol. The third-order valence-electron chi connectivity index (χ3n) is 6.86. The van der Waals surface area contributed by atoms with Gasteiger partial charge < -0.3 is 10.2 Å². The van der Waals surface area contributed by atoms with Gasteiger partial charge in [-0.05, 0) is 23.3 Å². The van der Waals surface area contributed by atoms with Gasteiger partial charge in [-0.2, -0.15) is 5.10 Å². The van der Waals surface area contributed by atoms with Gasteiger partial charge in [0, 0.05) is 57.6 Å². The minimum atomic E-state index is -0.0909. The SMILES string of the molecule is O=C(CCN1C=NNN1)NCC1CN(C(=O)c2cccnc2)CCN1C(c1ccccc1)c1ccccc1. The largest absolute Gasteiger partial charge is 0.354 e. The lowest BCUT2D eigenvalue weighted by Gasteiger charge is -2.45. The van der Waals surface area contributed by atoms with Crippen LogP contribution in [0.3, 0.4) is 0 Å². The second-order valence-corrected chi connectivity index (χ2v) is 9.32. The number of pyridine rings is 1. The fourth-order valence-electron chi connectivity index (χ4n) is 4.97. The lowest BCUT2D eigenvalue weighted by molar-refractivity contribution is -0.121. The Morgan fingerprint density at radius 1 is 0.974 bits per heavy atom. The predicted octanol–water partition coefficient (Wildman–Crippen LogP) is 1.77. The number of piperazine rings is 1. The van der Waals surface area contributed by atoms with E-state index in [0.29, 0.717) is 44.7 Å². The molecule has 1 atom stereocenters. The molecule has 0 radical (unpaired) electrons. The van der Waals surface area contributed by atoms with Crippen molar-refractivity contribution in [2.75, 3.05) is 32.7 Å². The summed E-state index contributed by atoms with van der Waals surface area (Å²) in [5.74, 6) is -0.101. The highest BCUT2D eigenvalue weighted by Gasteiger charge is 2.35. The molecule has 0 saturated carbocycles. The number of aromatic nitrogens is 1. The van der Waals surface area contributed by atoms with Crippen LogP contribution in [0, 0.1) is 0 Å². The first-order valence-electron chi connectivity index (χ1n) is 12.8. The number of hydrogen-bond donors (Lipinski definition) is 3. The lowest BCUT2D eigenvalue weighted by atomic mass is 9.94. The average molecular weight is 513 g/mol. The molecule has 2 aliphatic rings. The summed E-state index contributed by atoms with van der Waals surface area (Å²) in [5, 5.41) is 8.68. The zero-order valence-corrected chi connectivity index (χ0v) is 21.1. The summed E-state index contributed by atoms with van der Waals surface area (Å²) in [4.78, 5) is 34.5. The van der Waals surface area contributed by atoms with E-state index in [-0.39, 0.29) is 23.9 Å². The van der Waals surface area contributed by atoms with Crippen LogP contribution in [0.25, 0.3) is 0 Å². The van der Waals surface area contributed by atoms with E-state index in [1.807, 2.05) is 17.0 Å². The summed E-state index contributed by atoms with van der Waals surface area (Å²) in [6.07, 6.45) is 5.18. The van der Waals surface area contributed by atoms with E-state index < -0.39 is 0 Å². The van der Waals surface area contributed by atoms with Gasteiger partial charge in [0.2, 0.25) is 5.91 Å². The Bertz CT molecular complexity index is 1190. The third kappa shape index (κ3) is 6.16. The molecule has 10 nitrogen and oxygen atoms in total. The number of rotatable bonds is 9. The van der Waals surface area contributed by atoms with Gasteiger partial charge in [0.25, 0.3) is 5.91 Å². The van der Waals surface area contributed by atoms with E-state index in [0.717, 1.165) is 0 Å². The van der Waals surface area contributed by atoms with E-state index in [1.54, 1.807) is 35.9 Å². The molecule has 3 aromatic rings. The Balaban J connectivity index is 1.36. The zero-order valence-electron chi connectivity index (χ0n) is 21.1. The Morgan fingerprint density at radius 3 is 2.34 bits per heavy atom. The van der Waals surface area contributed by atoms with Crippen molar-refractivity contribution in [3.8, 4) is 0 Å². The molecule has 2 aromatic carbocycles. The van der Waals surface area contributed by atoms with E-state index in [4.69, 9.17) is 0 Å². The molecule has 0 spiro atoms. The summed E-state index contributed by atoms with van der Waals surface area (Å²) in [6, 6.07) is 24.3. The first-order valence-corrected chi connectivity index (χ1v) is 12.8. The molecule has 1 saturated heterocycles. The van der Waals surface area contributed by atoms with Gasteiger partial charge in [-0.1, -0.05) is 60.7 Å². The van der Waals surface area contributed by atoms with Crippen LogP contribution in [0.2, 0.25) is 0 Å². The molecule has 2 aliphatic heterocycles. The van der Waals surface area contributed by atoms with Crippen molar-refractivity contribution in [3.05, 3.63) is 102 Å². The number of nitrogens with one attached hydrogen (secondary N) is 3. The van der Waals surface area contributed by atoms with Crippen molar-refractivity contribution in [1.29, 1.82) is 0 Å². The maximum Gasteiger partial charge on any atom is 0.255 e. The predicted molar refractivity (Wildman–Crippen MR) is 144 cm³/mol. The molecular weight excluding hydrogens is 480 g/mol. The van der Waals surface area contributed by atoms with Gasteiger partial charge in [-0.3, -0.25) is 24.5 Å². The van der Waals surface area contributed by atoms with Gasteiger partial charge >= 0.3 is 0 Å². The van der Waals surface area contributed by atoms with Gasteiger partial charge in [0.15, 0.2) is 0 Å². The number of carbonyl (C=O) groups excluding carboxylic acids is 2. The number of amides is 2. The van der Waals surface area contributed by atoms with Crippen molar-refractivity contribution in [2.45, 2.75) is 18.5 Å². The molecule has 0 aliphatic carbocycles. The molecule has 196 valence electrons. The molecular formula is C28H32N8O2. The van der Waals surface area contributed by atoms with Crippen molar-refractivity contribution >= 4 is 18.2 Å². The molecule has 10 heteroatoms. The van der Waals surface area contributed by atoms with E-state index in [9.17, 15) is 9.59 Å². The number of hydrazone groups is 1. The Hall–Kier alpha value is -4.28. The van der Waals surface area contributed by atoms with Crippen LogP contribution in [-0.2, 0) is 4.79 Å². The zero-order chi connectivity index (χ0) is 26.2. The van der Waals surface area contributed by atoms with Gasteiger partial charge in [-0.25, -0.2) is 5.53 Å². The van der Waals surface area contributed by atoms with E-state index in [1.165, 1.54) is 11.1 Å². The fourth-order valence-corrected chi connectivity index (χ4v) is 4.97. The minimum absolute atomic E-state index is 0.00830. The van der Waals surface area contributed by atoms with Crippen LogP contribution in [-0.4, -0.2) is 76.7 Å². The highest BCUT2D eigenvalue weighted by atomic mass is 16.2. The van der Waals surface area contributed by atoms with E-state index >= 15 is 0 Å². The average Bonchev–Trinajstić information content (AvgIpc) is 3.51. The fraction of sp³-hybridized carbons (Fsp3) is 0.286. The number of hydrazine groups is 2. The van der Waals surface area contributed by atoms with Gasteiger partial charge in [-0.15, -0.1) is 5.53 Å². The Morgan fingerprint density at radius 2 is 1.71 bits per heavy atom. The smallest absolute Gasteiger partial charge is 0.255 e. The van der Waals surface area contributed by atoms with Gasteiger partial charge in [0.05, 0.1) is 11.6 Å². The second kappa shape index (κ2) is 12.3. The van der Waals surface area contributed by atoms with Crippen molar-refractivity contribution in [3.63, 3.8) is 0 Å². The molecule has 3 heterocycles. The van der Waals surface area contributed by atoms with Crippen LogP contribution in [0.5, 0.6) is 0 Å². The second-order valence-electron chi connectivity index (χ2n) is 9.32. The summed E-state index contributed by atoms with van der Waals surface area (Å²) in [7, 11) is 0. The van der Waals surface area contributed by atoms with Crippen molar-refractivity contribution in [2.24, 2.45) is 5.10 Å². The van der Waals surface area contributed by atoms with Crippen LogP contribution in [0.15, 0.2) is 90.3 Å². The lowest BCUT2D eigenvalue weighted by Crippen LogP contribution is -2.59. The van der Waals surface area contributed by atoms with Crippen LogP contribution in [0.1, 0.15) is 33.9 Å². The maximum absolute atomic E-state index is 13.3. The van der Waals surface area contributed by atoms with Gasteiger partial charge in [0.1, 0.15) is 6.34 Å². The third-order valence-corrected chi connectivity index (χ3v) is 6.86. The van der Waals surface area contributed by atoms with Crippen LogP contribution in [0.4, 0.5) is 0 Å². The molecule has 1 unspecified atom stereocenters. The number of carbonyl (C=O) groups is 2. The van der Waals surface area contributed by atoms with Crippen molar-refractivity contribution < 1.29 is 9.59 Å². The molecule has 5 rings (SSSR count). The first kappa shape index (κ1) is 25.4. The summed E-state index contributed by atoms with van der Waals surface area (Å²) in [6.45, 7) is 2.65. The summed E-state index contributed by atoms with van der Waals surface area (Å²) >= 11 is 0. The highest BCUT2D eigenvalue weighted by Crippen LogP contribution is 2.32. The van der Waals surface area contributed by atoms with Crippen molar-refractivity contribution in [1.82, 2.24) is 36.2 Å². The van der Waals surface area contributed by atoms with Crippen LogP contribution < -0.4 is 16.4 Å². The quantitative estimate of drug-likeness (QED) is 0.401. The minimum Gasteiger partial charge on any atom is -0.354 e. The molecule has 3 N–H and O–H groups in total. The standard InChI is InChI=1S/C28H32N8O2/c37-26(13-15-35-21-31-32-33-35)30-19-25-20-34(28(38)24-12-7-14-29-18-24)16-17-36(25)27(22-8-3-1-4-9-22)23-10-5-2-6-11-23/h1-12,14,18,21,25,27,32-33H,13,15-17,19-20H2,(H,30,37). The molecule has 1 fully saturated rings. The summed E-state index contributed by atoms with van der Waals surface area (Å²) in [5.41, 5.74) is 8.38. The highest BCUT2D eigenvalue weighted by molar-refractivity contribution is 5.94. The van der Waals surface area contributed by atoms with E-state index in [2.05, 4.69) is 79.9 Å². The normalized spacial score (nSPS) is 17.4. The maximum atomic E-state index is 13.3. The summed E-state index contributed by atoms with van der Waals surface area (Å²) < 4.78 is 0. The topological polar surface area (TPSA) is 105 Å². The molecule has 2 amide bonds. The number of benzene rings is 2. The number of hydrogen-bond acceptors (Lipinski definition) is 8. The number of nitrogens with zero attached hydrogens (tertiary/aromatic N) is 5. The van der Waals surface area contributed by atoms with Crippen LogP contribution >= 0.6 is 0 Å². The molecule has 1 aromatic heterocycles. The first-order chi connectivity index (χ1) is 18.7. The Kier molecular flexibility index (Phi) is 8.22.